The van der Waals surface area contributed by atoms with Crippen molar-refractivity contribution in [1.29, 1.82) is 0 Å². The van der Waals surface area contributed by atoms with Crippen LogP contribution >= 0.6 is 0 Å². The lowest BCUT2D eigenvalue weighted by Gasteiger charge is -2.09. The van der Waals surface area contributed by atoms with E-state index in [1.54, 1.807) is 24.3 Å². The standard InChI is InChI=1S/C16H14F2N2O2/c1-10(21)11-3-2-4-12(7-11)19-9-16(22)20-13-5-6-14(17)15(18)8-13/h2-8,19H,9H2,1H3,(H,20,22). The SMILES string of the molecule is CC(=O)c1cccc(NCC(=O)Nc2ccc(F)c(F)c2)c1. The molecule has 114 valence electrons. The molecule has 2 rings (SSSR count). The van der Waals surface area contributed by atoms with Gasteiger partial charge >= 0.3 is 0 Å². The lowest BCUT2D eigenvalue weighted by atomic mass is 10.1. The van der Waals surface area contributed by atoms with Crippen LogP contribution in [-0.4, -0.2) is 18.2 Å². The quantitative estimate of drug-likeness (QED) is 0.834. The molecule has 0 aliphatic rings. The Labute approximate surface area is 126 Å². The maximum atomic E-state index is 13.0. The van der Waals surface area contributed by atoms with E-state index in [9.17, 15) is 18.4 Å². The fourth-order valence-electron chi connectivity index (χ4n) is 1.81. The van der Waals surface area contributed by atoms with Gasteiger partial charge in [-0.15, -0.1) is 0 Å². The number of benzene rings is 2. The van der Waals surface area contributed by atoms with Crippen LogP contribution in [0.4, 0.5) is 20.2 Å². The highest BCUT2D eigenvalue weighted by molar-refractivity contribution is 5.96. The van der Waals surface area contributed by atoms with E-state index in [1.807, 2.05) is 0 Å². The summed E-state index contributed by atoms with van der Waals surface area (Å²) >= 11 is 0. The number of hydrogen-bond acceptors (Lipinski definition) is 3. The molecule has 0 fully saturated rings. The van der Waals surface area contributed by atoms with Crippen molar-refractivity contribution in [2.45, 2.75) is 6.92 Å². The highest BCUT2D eigenvalue weighted by Crippen LogP contribution is 2.14. The summed E-state index contributed by atoms with van der Waals surface area (Å²) in [6, 6.07) is 9.84. The molecule has 2 aromatic carbocycles. The number of ketones is 1. The van der Waals surface area contributed by atoms with Crippen LogP contribution in [-0.2, 0) is 4.79 Å². The number of Topliss-reactive ketones (excluding diaryl/α,β-unsaturated/α-hetero) is 1. The summed E-state index contributed by atoms with van der Waals surface area (Å²) in [6.07, 6.45) is 0. The number of halogens is 2. The third kappa shape index (κ3) is 4.12. The number of hydrogen-bond donors (Lipinski definition) is 2. The van der Waals surface area contributed by atoms with Crippen LogP contribution in [0.1, 0.15) is 17.3 Å². The Morgan fingerprint density at radius 3 is 2.45 bits per heavy atom. The average molecular weight is 304 g/mol. The van der Waals surface area contributed by atoms with Crippen LogP contribution < -0.4 is 10.6 Å². The number of rotatable bonds is 5. The van der Waals surface area contributed by atoms with Gasteiger partial charge < -0.3 is 10.6 Å². The maximum absolute atomic E-state index is 13.0. The number of anilines is 2. The summed E-state index contributed by atoms with van der Waals surface area (Å²) in [4.78, 5) is 23.0. The lowest BCUT2D eigenvalue weighted by molar-refractivity contribution is -0.114. The van der Waals surface area contributed by atoms with E-state index in [0.717, 1.165) is 12.1 Å². The van der Waals surface area contributed by atoms with Crippen molar-refractivity contribution in [3.63, 3.8) is 0 Å². The average Bonchev–Trinajstić information content (AvgIpc) is 2.49. The van der Waals surface area contributed by atoms with Gasteiger partial charge in [0.1, 0.15) is 0 Å². The molecule has 2 N–H and O–H groups in total. The Balaban J connectivity index is 1.94. The van der Waals surface area contributed by atoms with Crippen molar-refractivity contribution in [2.24, 2.45) is 0 Å². The first-order valence-electron chi connectivity index (χ1n) is 6.55. The molecule has 0 bridgehead atoms. The van der Waals surface area contributed by atoms with Crippen molar-refractivity contribution in [3.8, 4) is 0 Å². The highest BCUT2D eigenvalue weighted by atomic mass is 19.2. The van der Waals surface area contributed by atoms with Gasteiger partial charge in [0.25, 0.3) is 0 Å². The van der Waals surface area contributed by atoms with Crippen LogP contribution in [0.2, 0.25) is 0 Å². The molecule has 0 aliphatic heterocycles. The van der Waals surface area contributed by atoms with Gasteiger partial charge in [0, 0.05) is 23.0 Å². The van der Waals surface area contributed by atoms with Gasteiger partial charge in [-0.05, 0) is 31.2 Å². The Morgan fingerprint density at radius 2 is 1.77 bits per heavy atom. The van der Waals surface area contributed by atoms with Crippen molar-refractivity contribution in [2.75, 3.05) is 17.2 Å². The molecular weight excluding hydrogens is 290 g/mol. The van der Waals surface area contributed by atoms with Gasteiger partial charge in [0.2, 0.25) is 5.91 Å². The highest BCUT2D eigenvalue weighted by Gasteiger charge is 2.07. The normalized spacial score (nSPS) is 10.1. The lowest BCUT2D eigenvalue weighted by Crippen LogP contribution is -2.21. The Morgan fingerprint density at radius 1 is 1.00 bits per heavy atom. The van der Waals surface area contributed by atoms with Gasteiger partial charge in [-0.3, -0.25) is 9.59 Å². The van der Waals surface area contributed by atoms with Gasteiger partial charge in [0.15, 0.2) is 17.4 Å². The molecule has 0 saturated carbocycles. The van der Waals surface area contributed by atoms with Gasteiger partial charge in [-0.2, -0.15) is 0 Å². The number of carbonyl (C=O) groups is 2. The first-order chi connectivity index (χ1) is 10.5. The molecule has 0 aromatic heterocycles. The van der Waals surface area contributed by atoms with Crippen LogP contribution in [0.5, 0.6) is 0 Å². The zero-order valence-corrected chi connectivity index (χ0v) is 11.8. The number of nitrogens with one attached hydrogen (secondary N) is 2. The second-order valence-electron chi connectivity index (χ2n) is 4.67. The molecular formula is C16H14F2N2O2. The van der Waals surface area contributed by atoms with E-state index >= 15 is 0 Å². The molecule has 2 aromatic rings. The predicted molar refractivity (Wildman–Crippen MR) is 79.9 cm³/mol. The van der Waals surface area contributed by atoms with Crippen LogP contribution in [0.15, 0.2) is 42.5 Å². The predicted octanol–water partition coefficient (Wildman–Crippen LogP) is 3.22. The van der Waals surface area contributed by atoms with Gasteiger partial charge in [-0.1, -0.05) is 12.1 Å². The summed E-state index contributed by atoms with van der Waals surface area (Å²) in [5.41, 5.74) is 1.32. The third-order valence-corrected chi connectivity index (χ3v) is 2.93. The first kappa shape index (κ1) is 15.6. The van der Waals surface area contributed by atoms with Crippen LogP contribution in [0.3, 0.4) is 0 Å². The zero-order valence-electron chi connectivity index (χ0n) is 11.8. The molecule has 0 atom stereocenters. The van der Waals surface area contributed by atoms with E-state index in [1.165, 1.54) is 13.0 Å². The molecule has 1 amide bonds. The fourth-order valence-corrected chi connectivity index (χ4v) is 1.81. The number of carbonyl (C=O) groups excluding carboxylic acids is 2. The second kappa shape index (κ2) is 6.80. The second-order valence-corrected chi connectivity index (χ2v) is 4.67. The summed E-state index contributed by atoms with van der Waals surface area (Å²) in [6.45, 7) is 1.38. The van der Waals surface area contributed by atoms with Crippen molar-refractivity contribution >= 4 is 23.1 Å². The summed E-state index contributed by atoms with van der Waals surface area (Å²) < 4.78 is 25.8. The van der Waals surface area contributed by atoms with Crippen molar-refractivity contribution in [1.82, 2.24) is 0 Å². The summed E-state index contributed by atoms with van der Waals surface area (Å²) in [7, 11) is 0. The molecule has 0 unspecified atom stereocenters. The molecule has 6 heteroatoms. The molecule has 0 aliphatic carbocycles. The van der Waals surface area contributed by atoms with E-state index in [4.69, 9.17) is 0 Å². The third-order valence-electron chi connectivity index (χ3n) is 2.93. The molecule has 0 radical (unpaired) electrons. The largest absolute Gasteiger partial charge is 0.376 e. The summed E-state index contributed by atoms with van der Waals surface area (Å²) in [5.74, 6) is -2.49. The fraction of sp³-hybridized carbons (Fsp3) is 0.125. The molecule has 0 saturated heterocycles. The number of amides is 1. The van der Waals surface area contributed by atoms with E-state index in [2.05, 4.69) is 10.6 Å². The summed E-state index contributed by atoms with van der Waals surface area (Å²) in [5, 5.41) is 5.30. The Bertz CT molecular complexity index is 717. The van der Waals surface area contributed by atoms with Crippen molar-refractivity contribution in [3.05, 3.63) is 59.7 Å². The Kier molecular flexibility index (Phi) is 4.83. The molecule has 4 nitrogen and oxygen atoms in total. The monoisotopic (exact) mass is 304 g/mol. The smallest absolute Gasteiger partial charge is 0.243 e. The van der Waals surface area contributed by atoms with E-state index < -0.39 is 17.5 Å². The minimum absolute atomic E-state index is 0.0691. The topological polar surface area (TPSA) is 58.2 Å². The maximum Gasteiger partial charge on any atom is 0.243 e. The van der Waals surface area contributed by atoms with Gasteiger partial charge in [-0.25, -0.2) is 8.78 Å². The van der Waals surface area contributed by atoms with Crippen molar-refractivity contribution < 1.29 is 18.4 Å². The molecule has 22 heavy (non-hydrogen) atoms. The minimum atomic E-state index is -1.03. The van der Waals surface area contributed by atoms with E-state index in [0.29, 0.717) is 11.3 Å². The molecule has 0 heterocycles. The Hall–Kier alpha value is -2.76. The first-order valence-corrected chi connectivity index (χ1v) is 6.55. The van der Waals surface area contributed by atoms with E-state index in [-0.39, 0.29) is 18.0 Å². The minimum Gasteiger partial charge on any atom is -0.376 e. The zero-order chi connectivity index (χ0) is 16.1. The molecule has 0 spiro atoms. The van der Waals surface area contributed by atoms with Crippen LogP contribution in [0.25, 0.3) is 0 Å². The van der Waals surface area contributed by atoms with Crippen LogP contribution in [0, 0.1) is 11.6 Å². The van der Waals surface area contributed by atoms with Gasteiger partial charge in [0.05, 0.1) is 6.54 Å².